The highest BCUT2D eigenvalue weighted by atomic mass is 16.2. The average Bonchev–Trinajstić information content (AvgIpc) is 2.40. The minimum atomic E-state index is -0.182. The molecular formula is C13H19N3O2. The number of nitrogens with zero attached hydrogens (tertiary/aromatic N) is 1. The molecule has 3 amide bonds. The van der Waals surface area contributed by atoms with Crippen LogP contribution in [0.1, 0.15) is 24.2 Å². The average molecular weight is 249 g/mol. The van der Waals surface area contributed by atoms with E-state index in [1.807, 2.05) is 19.9 Å². The number of carbonyl (C=O) groups is 2. The van der Waals surface area contributed by atoms with Gasteiger partial charge in [-0.25, -0.2) is 4.79 Å². The van der Waals surface area contributed by atoms with Crippen LogP contribution in [-0.2, 0) is 0 Å². The molecule has 98 valence electrons. The van der Waals surface area contributed by atoms with Crippen molar-refractivity contribution in [1.82, 2.24) is 15.5 Å². The number of amides is 3. The molecule has 5 nitrogen and oxygen atoms in total. The Bertz CT molecular complexity index is 392. The Labute approximate surface area is 107 Å². The molecule has 2 N–H and O–H groups in total. The van der Waals surface area contributed by atoms with Gasteiger partial charge >= 0.3 is 6.03 Å². The van der Waals surface area contributed by atoms with Crippen LogP contribution < -0.4 is 10.6 Å². The topological polar surface area (TPSA) is 61.4 Å². The Morgan fingerprint density at radius 1 is 1.11 bits per heavy atom. The summed E-state index contributed by atoms with van der Waals surface area (Å²) in [6.07, 6.45) is 0. The Hall–Kier alpha value is -2.04. The van der Waals surface area contributed by atoms with Crippen LogP contribution >= 0.6 is 0 Å². The molecule has 5 heteroatoms. The van der Waals surface area contributed by atoms with Crippen molar-refractivity contribution >= 4 is 11.9 Å². The quantitative estimate of drug-likeness (QED) is 0.775. The molecule has 0 atom stereocenters. The van der Waals surface area contributed by atoms with E-state index >= 15 is 0 Å². The van der Waals surface area contributed by atoms with Crippen LogP contribution in [0.5, 0.6) is 0 Å². The second-order valence-electron chi connectivity index (χ2n) is 3.72. The summed E-state index contributed by atoms with van der Waals surface area (Å²) < 4.78 is 0. The van der Waals surface area contributed by atoms with E-state index in [1.165, 1.54) is 4.90 Å². The summed E-state index contributed by atoms with van der Waals surface area (Å²) in [7, 11) is 0. The van der Waals surface area contributed by atoms with Crippen molar-refractivity contribution in [3.05, 3.63) is 35.9 Å². The summed E-state index contributed by atoms with van der Waals surface area (Å²) in [5.74, 6) is -0.182. The number of hydrogen-bond donors (Lipinski definition) is 2. The Kier molecular flexibility index (Phi) is 5.70. The molecule has 1 aromatic rings. The summed E-state index contributed by atoms with van der Waals surface area (Å²) in [6, 6.07) is 8.75. The third-order valence-corrected chi connectivity index (χ3v) is 2.46. The fourth-order valence-electron chi connectivity index (χ4n) is 1.45. The largest absolute Gasteiger partial charge is 0.338 e. The van der Waals surface area contributed by atoms with Gasteiger partial charge in [-0.1, -0.05) is 18.2 Å². The van der Waals surface area contributed by atoms with Gasteiger partial charge in [-0.05, 0) is 26.0 Å². The molecule has 0 fully saturated rings. The van der Waals surface area contributed by atoms with Crippen molar-refractivity contribution in [2.75, 3.05) is 19.8 Å². The third kappa shape index (κ3) is 4.08. The Balaban J connectivity index is 2.48. The van der Waals surface area contributed by atoms with E-state index in [2.05, 4.69) is 10.6 Å². The van der Waals surface area contributed by atoms with Crippen molar-refractivity contribution in [3.63, 3.8) is 0 Å². The summed E-state index contributed by atoms with van der Waals surface area (Å²) in [6.45, 7) is 5.04. The number of urea groups is 1. The van der Waals surface area contributed by atoms with Gasteiger partial charge in [0, 0.05) is 18.7 Å². The van der Waals surface area contributed by atoms with E-state index in [0.717, 1.165) is 0 Å². The number of carbonyl (C=O) groups excluding carboxylic acids is 2. The van der Waals surface area contributed by atoms with Crippen molar-refractivity contribution in [3.8, 4) is 0 Å². The maximum absolute atomic E-state index is 11.8. The molecule has 0 aliphatic heterocycles. The van der Waals surface area contributed by atoms with E-state index < -0.39 is 0 Å². The van der Waals surface area contributed by atoms with E-state index in [0.29, 0.717) is 18.7 Å². The molecule has 0 aliphatic rings. The Morgan fingerprint density at radius 3 is 2.33 bits per heavy atom. The molecule has 0 bridgehead atoms. The zero-order valence-corrected chi connectivity index (χ0v) is 10.8. The zero-order chi connectivity index (χ0) is 13.4. The van der Waals surface area contributed by atoms with Gasteiger partial charge in [0.2, 0.25) is 0 Å². The summed E-state index contributed by atoms with van der Waals surface area (Å²) in [4.78, 5) is 24.9. The van der Waals surface area contributed by atoms with Gasteiger partial charge in [0.25, 0.3) is 5.91 Å². The molecular weight excluding hydrogens is 230 g/mol. The highest BCUT2D eigenvalue weighted by Crippen LogP contribution is 1.98. The molecule has 0 spiro atoms. The number of rotatable bonds is 5. The third-order valence-electron chi connectivity index (χ3n) is 2.46. The lowest BCUT2D eigenvalue weighted by atomic mass is 10.2. The lowest BCUT2D eigenvalue weighted by molar-refractivity contribution is 0.0932. The van der Waals surface area contributed by atoms with Crippen LogP contribution in [0, 0.1) is 0 Å². The first-order chi connectivity index (χ1) is 8.69. The normalized spacial score (nSPS) is 9.67. The first kappa shape index (κ1) is 14.0. The fourth-order valence-corrected chi connectivity index (χ4v) is 1.45. The van der Waals surface area contributed by atoms with Gasteiger partial charge in [0.1, 0.15) is 0 Å². The van der Waals surface area contributed by atoms with E-state index in [9.17, 15) is 9.59 Å². The SMILES string of the molecule is CCNC(=O)N(CC)CNC(=O)c1ccccc1. The van der Waals surface area contributed by atoms with Gasteiger partial charge < -0.3 is 15.5 Å². The highest BCUT2D eigenvalue weighted by molar-refractivity contribution is 5.94. The summed E-state index contributed by atoms with van der Waals surface area (Å²) in [5, 5.41) is 5.41. The van der Waals surface area contributed by atoms with Gasteiger partial charge in [-0.15, -0.1) is 0 Å². The molecule has 0 saturated carbocycles. The molecule has 0 heterocycles. The molecule has 1 aromatic carbocycles. The monoisotopic (exact) mass is 249 g/mol. The number of benzene rings is 1. The van der Waals surface area contributed by atoms with Gasteiger partial charge in [-0.3, -0.25) is 4.79 Å². The smallest absolute Gasteiger partial charge is 0.318 e. The standard InChI is InChI=1S/C13H19N3O2/c1-3-14-13(18)16(4-2)10-15-12(17)11-8-6-5-7-9-11/h5-9H,3-4,10H2,1-2H3,(H,14,18)(H,15,17). The van der Waals surface area contributed by atoms with Gasteiger partial charge in [0.15, 0.2) is 0 Å². The van der Waals surface area contributed by atoms with Crippen molar-refractivity contribution in [2.45, 2.75) is 13.8 Å². The molecule has 18 heavy (non-hydrogen) atoms. The van der Waals surface area contributed by atoms with Crippen LogP contribution in [0.4, 0.5) is 4.79 Å². The summed E-state index contributed by atoms with van der Waals surface area (Å²) >= 11 is 0. The molecule has 1 rings (SSSR count). The van der Waals surface area contributed by atoms with Crippen LogP contribution in [0.3, 0.4) is 0 Å². The van der Waals surface area contributed by atoms with E-state index in [-0.39, 0.29) is 18.6 Å². The van der Waals surface area contributed by atoms with Crippen LogP contribution in [-0.4, -0.2) is 36.6 Å². The molecule has 0 aliphatic carbocycles. The predicted octanol–water partition coefficient (Wildman–Crippen LogP) is 1.43. The fraction of sp³-hybridized carbons (Fsp3) is 0.385. The Morgan fingerprint density at radius 2 is 1.78 bits per heavy atom. The maximum Gasteiger partial charge on any atom is 0.318 e. The van der Waals surface area contributed by atoms with E-state index in [4.69, 9.17) is 0 Å². The molecule has 0 unspecified atom stereocenters. The van der Waals surface area contributed by atoms with Crippen molar-refractivity contribution in [1.29, 1.82) is 0 Å². The van der Waals surface area contributed by atoms with Gasteiger partial charge in [0.05, 0.1) is 6.67 Å². The molecule has 0 aromatic heterocycles. The molecule has 0 saturated heterocycles. The first-order valence-electron chi connectivity index (χ1n) is 6.05. The van der Waals surface area contributed by atoms with Crippen LogP contribution in [0.15, 0.2) is 30.3 Å². The van der Waals surface area contributed by atoms with Crippen LogP contribution in [0.25, 0.3) is 0 Å². The second-order valence-corrected chi connectivity index (χ2v) is 3.72. The second kappa shape index (κ2) is 7.32. The van der Waals surface area contributed by atoms with Crippen LogP contribution in [0.2, 0.25) is 0 Å². The number of hydrogen-bond acceptors (Lipinski definition) is 2. The van der Waals surface area contributed by atoms with Gasteiger partial charge in [-0.2, -0.15) is 0 Å². The molecule has 0 radical (unpaired) electrons. The van der Waals surface area contributed by atoms with Crippen molar-refractivity contribution < 1.29 is 9.59 Å². The minimum Gasteiger partial charge on any atom is -0.338 e. The minimum absolute atomic E-state index is 0.173. The zero-order valence-electron chi connectivity index (χ0n) is 10.8. The number of nitrogens with one attached hydrogen (secondary N) is 2. The van der Waals surface area contributed by atoms with E-state index in [1.54, 1.807) is 24.3 Å². The van der Waals surface area contributed by atoms with Crippen molar-refractivity contribution in [2.24, 2.45) is 0 Å². The highest BCUT2D eigenvalue weighted by Gasteiger charge is 2.11. The maximum atomic E-state index is 11.8. The lowest BCUT2D eigenvalue weighted by Gasteiger charge is -2.21. The lowest BCUT2D eigenvalue weighted by Crippen LogP contribution is -2.46. The first-order valence-corrected chi connectivity index (χ1v) is 6.05. The summed E-state index contributed by atoms with van der Waals surface area (Å²) in [5.41, 5.74) is 0.587. The predicted molar refractivity (Wildman–Crippen MR) is 70.2 cm³/mol.